The van der Waals surface area contributed by atoms with Crippen LogP contribution in [-0.4, -0.2) is 28.7 Å². The number of alkyl halides is 3. The van der Waals surface area contributed by atoms with E-state index in [2.05, 4.69) is 18.7 Å². The van der Waals surface area contributed by atoms with Crippen molar-refractivity contribution in [2.45, 2.75) is 44.3 Å². The third kappa shape index (κ3) is 6.36. The molecule has 4 heterocycles. The number of para-hydroxylation sites is 1. The minimum atomic E-state index is -4.37. The monoisotopic (exact) mass is 727 g/mol. The zero-order chi connectivity index (χ0) is 29.5. The Bertz CT molecular complexity index is 1670. The van der Waals surface area contributed by atoms with Crippen molar-refractivity contribution in [1.29, 1.82) is 5.26 Å². The first-order chi connectivity index (χ1) is 20.2. The Hall–Kier alpha value is -3.03. The van der Waals surface area contributed by atoms with Crippen molar-refractivity contribution in [3.05, 3.63) is 126 Å². The van der Waals surface area contributed by atoms with E-state index in [1.54, 1.807) is 0 Å². The van der Waals surface area contributed by atoms with Gasteiger partial charge in [-0.15, -0.1) is 6.58 Å². The molecule has 230 valence electrons. The van der Waals surface area contributed by atoms with Crippen LogP contribution < -0.4 is 38.5 Å². The second kappa shape index (κ2) is 13.5. The highest BCUT2D eigenvalue weighted by Crippen LogP contribution is 2.48. The third-order valence-corrected chi connectivity index (χ3v) is 9.57. The number of rotatable bonds is 7. The van der Waals surface area contributed by atoms with Gasteiger partial charge in [0.25, 0.3) is 0 Å². The summed E-state index contributed by atoms with van der Waals surface area (Å²) in [6.45, 7) is 7.04. The molecule has 3 aliphatic heterocycles. The molecule has 0 unspecified atom stereocenters. The normalized spacial score (nSPS) is 23.2. The van der Waals surface area contributed by atoms with Crippen LogP contribution in [0.15, 0.2) is 97.7 Å². The highest BCUT2D eigenvalue weighted by molar-refractivity contribution is 5.79. The van der Waals surface area contributed by atoms with Gasteiger partial charge in [0, 0.05) is 47.6 Å². The molecule has 2 bridgehead atoms. The van der Waals surface area contributed by atoms with E-state index in [4.69, 9.17) is 0 Å². The van der Waals surface area contributed by atoms with Gasteiger partial charge >= 0.3 is 6.18 Å². The molecule has 3 saturated heterocycles. The van der Waals surface area contributed by atoms with Crippen molar-refractivity contribution in [1.82, 2.24) is 0 Å². The quantitative estimate of drug-likeness (QED) is 0.174. The fraction of sp³-hybridized carbons (Fsp3) is 0.314. The Morgan fingerprint density at radius 2 is 1.73 bits per heavy atom. The van der Waals surface area contributed by atoms with Crippen LogP contribution in [0.4, 0.5) is 13.2 Å². The number of nitriles is 1. The smallest absolute Gasteiger partial charge is 0.416 e. The van der Waals surface area contributed by atoms with Crippen LogP contribution in [0.2, 0.25) is 0 Å². The minimum Gasteiger partial charge on any atom is -1.00 e. The zero-order valence-electron chi connectivity index (χ0n) is 24.1. The number of aromatic nitrogens is 1. The van der Waals surface area contributed by atoms with Gasteiger partial charge < -0.3 is 43.6 Å². The third-order valence-electron chi connectivity index (χ3n) is 9.57. The van der Waals surface area contributed by atoms with E-state index < -0.39 is 17.8 Å². The van der Waals surface area contributed by atoms with Crippen LogP contribution in [-0.2, 0) is 19.3 Å². The lowest BCUT2D eigenvalue weighted by Crippen LogP contribution is -3.00. The molecule has 7 rings (SSSR count). The van der Waals surface area contributed by atoms with Crippen LogP contribution in [0.5, 0.6) is 0 Å². The van der Waals surface area contributed by atoms with Gasteiger partial charge in [-0.25, -0.2) is 0 Å². The summed E-state index contributed by atoms with van der Waals surface area (Å²) in [5.74, 6) is 0.836. The van der Waals surface area contributed by atoms with Crippen molar-refractivity contribution in [2.75, 3.05) is 13.1 Å². The van der Waals surface area contributed by atoms with Gasteiger partial charge in [-0.05, 0) is 30.2 Å². The average Bonchev–Trinajstić information content (AvgIpc) is 3.01. The molecule has 5 atom stereocenters. The number of benzene rings is 3. The van der Waals surface area contributed by atoms with Crippen molar-refractivity contribution < 1.29 is 61.3 Å². The Balaban J connectivity index is 0.00000221. The van der Waals surface area contributed by atoms with Crippen molar-refractivity contribution >= 4 is 10.9 Å². The average molecular weight is 729 g/mol. The second-order valence-electron chi connectivity index (χ2n) is 11.9. The van der Waals surface area contributed by atoms with E-state index >= 15 is 0 Å². The lowest BCUT2D eigenvalue weighted by molar-refractivity contribution is -0.985. The molecule has 1 N–H and O–H groups in total. The number of aliphatic hydroxyl groups is 1. The summed E-state index contributed by atoms with van der Waals surface area (Å²) < 4.78 is 41.9. The zero-order valence-corrected chi connectivity index (χ0v) is 27.3. The fourth-order valence-corrected chi connectivity index (χ4v) is 7.40. The molecule has 3 fully saturated rings. The molecule has 4 nitrogen and oxygen atoms in total. The molecule has 3 aliphatic rings. The summed E-state index contributed by atoms with van der Waals surface area (Å²) in [4.78, 5) is 0. The van der Waals surface area contributed by atoms with E-state index in [9.17, 15) is 23.5 Å². The van der Waals surface area contributed by atoms with E-state index in [1.165, 1.54) is 12.1 Å². The summed E-state index contributed by atoms with van der Waals surface area (Å²) in [6.07, 6.45) is 0.846. The molecular weight excluding hydrogens is 695 g/mol. The van der Waals surface area contributed by atoms with Gasteiger partial charge in [-0.1, -0.05) is 48.5 Å². The number of quaternary nitrogens is 1. The van der Waals surface area contributed by atoms with Gasteiger partial charge in [-0.3, -0.25) is 0 Å². The first-order valence-electron chi connectivity index (χ1n) is 14.4. The largest absolute Gasteiger partial charge is 1.00 e. The summed E-state index contributed by atoms with van der Waals surface area (Å²) in [5, 5.41) is 22.9. The molecule has 4 aromatic rings. The summed E-state index contributed by atoms with van der Waals surface area (Å²) >= 11 is 0. The number of nitrogens with zero attached hydrogens (tertiary/aromatic N) is 3. The maximum atomic E-state index is 13.1. The molecule has 0 aliphatic carbocycles. The maximum absolute atomic E-state index is 13.1. The van der Waals surface area contributed by atoms with Gasteiger partial charge in [0.2, 0.25) is 5.52 Å². The highest BCUT2D eigenvalue weighted by atomic mass is 79.9. The Morgan fingerprint density at radius 1 is 1.02 bits per heavy atom. The van der Waals surface area contributed by atoms with Gasteiger partial charge in [0.05, 0.1) is 35.7 Å². The van der Waals surface area contributed by atoms with Crippen LogP contribution in [0.25, 0.3) is 10.9 Å². The molecule has 3 aromatic carbocycles. The first-order valence-corrected chi connectivity index (χ1v) is 14.4. The number of pyridine rings is 1. The van der Waals surface area contributed by atoms with Crippen LogP contribution >= 0.6 is 0 Å². The first kappa shape index (κ1) is 33.9. The minimum absolute atomic E-state index is 0. The molecule has 9 heteroatoms. The number of aliphatic hydroxyl groups excluding tert-OH is 1. The van der Waals surface area contributed by atoms with E-state index in [1.807, 2.05) is 65.4 Å². The van der Waals surface area contributed by atoms with Crippen LogP contribution in [0.3, 0.4) is 0 Å². The summed E-state index contributed by atoms with van der Waals surface area (Å²) in [6, 6.07) is 25.2. The summed E-state index contributed by atoms with van der Waals surface area (Å²) in [7, 11) is 0. The van der Waals surface area contributed by atoms with E-state index in [-0.39, 0.29) is 40.0 Å². The predicted octanol–water partition coefficient (Wildman–Crippen LogP) is 0.719. The van der Waals surface area contributed by atoms with Gasteiger partial charge in [0.15, 0.2) is 12.7 Å². The predicted molar refractivity (Wildman–Crippen MR) is 155 cm³/mol. The number of halogens is 5. The van der Waals surface area contributed by atoms with Crippen molar-refractivity contribution in [2.24, 2.45) is 11.8 Å². The molecule has 0 radical (unpaired) electrons. The SMILES string of the molecule is C=C[C@@H]1C[N@+]2(Cc3ccccc3C#N)CC[C@H]1C[C@H]2[C@H](O)c1cc[n+](Cc2ccc(C(F)(F)F)cc2)c2ccccc12.[Br-].[Br-]. The number of hydrogen-bond acceptors (Lipinski definition) is 2. The molecule has 1 aromatic heterocycles. The second-order valence-corrected chi connectivity index (χ2v) is 11.9. The standard InChI is InChI=1S/C35H34F3N3O.2BrH/c1-2-25-22-41(23-28-8-4-3-7-27(28)20-39)18-16-26(25)19-33(41)34(42)31-15-17-40(32-10-6-5-9-30(31)32)21-24-11-13-29(14-12-24)35(36,37)38;;/h2-15,17,25-26,33-34,42H,1,16,18-19,21-23H2;2*1H/q+2;;/p-2/t25-,26+,33+,34-,41+;;/m1../s1. The lowest BCUT2D eigenvalue weighted by atomic mass is 9.71. The molecule has 44 heavy (non-hydrogen) atoms. The summed E-state index contributed by atoms with van der Waals surface area (Å²) in [5.41, 5.74) is 3.55. The molecule has 0 spiro atoms. The molecular formula is C35H34Br2F3N3O. The van der Waals surface area contributed by atoms with Crippen molar-refractivity contribution in [3.63, 3.8) is 0 Å². The lowest BCUT2D eigenvalue weighted by Gasteiger charge is -2.58. The van der Waals surface area contributed by atoms with Gasteiger partial charge in [0.1, 0.15) is 18.7 Å². The van der Waals surface area contributed by atoms with Crippen molar-refractivity contribution in [3.8, 4) is 6.07 Å². The van der Waals surface area contributed by atoms with Crippen LogP contribution in [0.1, 0.15) is 46.8 Å². The molecule has 0 amide bonds. The fourth-order valence-electron chi connectivity index (χ4n) is 7.40. The van der Waals surface area contributed by atoms with E-state index in [0.29, 0.717) is 35.0 Å². The number of fused-ring (bicyclic) bond motifs is 4. The van der Waals surface area contributed by atoms with Gasteiger partial charge in [-0.2, -0.15) is 23.0 Å². The topological polar surface area (TPSA) is 47.9 Å². The van der Waals surface area contributed by atoms with Crippen LogP contribution in [0, 0.1) is 23.2 Å². The molecule has 0 saturated carbocycles. The van der Waals surface area contributed by atoms with E-state index in [0.717, 1.165) is 65.7 Å². The highest BCUT2D eigenvalue weighted by Gasteiger charge is 2.54. The Morgan fingerprint density at radius 3 is 2.43 bits per heavy atom. The Labute approximate surface area is 277 Å². The maximum Gasteiger partial charge on any atom is 0.416 e. The number of hydrogen-bond donors (Lipinski definition) is 1. The Kier molecular flexibility index (Phi) is 10.4. The number of piperidine rings is 3.